The number of fused-ring (bicyclic) bond motifs is 9. The highest BCUT2D eigenvalue weighted by molar-refractivity contribution is 5.70. The van der Waals surface area contributed by atoms with Gasteiger partial charge in [-0.15, -0.1) is 0 Å². The van der Waals surface area contributed by atoms with Gasteiger partial charge in [-0.25, -0.2) is 4.57 Å². The SMILES string of the molecule is C=C1C2C(CCc3ccccc3-c3n1cc[n+]3C(=C)/C(=C\C)C(C)C)c1ccccc1-c1n(-c3c(C(C)C)cccc3C(C)C)cc[n+]12. The first-order chi connectivity index (χ1) is 23.1. The molecule has 0 N–H and O–H groups in total. The summed E-state index contributed by atoms with van der Waals surface area (Å²) in [5.74, 6) is 3.75. The first-order valence-corrected chi connectivity index (χ1v) is 17.7. The van der Waals surface area contributed by atoms with E-state index in [1.54, 1.807) is 0 Å². The molecule has 4 heterocycles. The number of allylic oxidation sites excluding steroid dienone is 4. The molecule has 5 aromatic rings. The van der Waals surface area contributed by atoms with E-state index in [2.05, 4.69) is 171 Å². The summed E-state index contributed by atoms with van der Waals surface area (Å²) in [5, 5.41) is 0. The van der Waals surface area contributed by atoms with Gasteiger partial charge in [0.05, 0.1) is 11.1 Å². The van der Waals surface area contributed by atoms with Crippen LogP contribution in [-0.2, 0) is 6.42 Å². The Bertz CT molecular complexity index is 2050. The standard InChI is InChI=1S/C44H50N4/c1-10-34(28(2)3)31(8)45-24-25-46-32(9)41-39(23-22-33-16-11-12-17-37(33)43(45)46)38-18-13-14-19-40(38)44-47(41)26-27-48(44)42-35(29(4)5)20-15-21-36(42)30(6)7/h10-21,24-30,39,41H,8-9,22-23H2,1-7H3/q+2/b34-10-. The van der Waals surface area contributed by atoms with Crippen LogP contribution in [0.5, 0.6) is 0 Å². The molecule has 2 aliphatic heterocycles. The summed E-state index contributed by atoms with van der Waals surface area (Å²) in [4.78, 5) is 0. The zero-order valence-electron chi connectivity index (χ0n) is 29.7. The fourth-order valence-electron chi connectivity index (χ4n) is 8.44. The Morgan fingerprint density at radius 1 is 0.792 bits per heavy atom. The van der Waals surface area contributed by atoms with Gasteiger partial charge < -0.3 is 0 Å². The summed E-state index contributed by atoms with van der Waals surface area (Å²) in [6, 6.07) is 24.9. The Morgan fingerprint density at radius 2 is 1.44 bits per heavy atom. The van der Waals surface area contributed by atoms with Crippen molar-refractivity contribution in [2.45, 2.75) is 85.1 Å². The van der Waals surface area contributed by atoms with Gasteiger partial charge in [0.2, 0.25) is 0 Å². The molecule has 2 atom stereocenters. The third-order valence-corrected chi connectivity index (χ3v) is 10.7. The molecule has 0 spiro atoms. The fourth-order valence-corrected chi connectivity index (χ4v) is 8.44. The second-order valence-electron chi connectivity index (χ2n) is 14.5. The minimum Gasteiger partial charge on any atom is -0.218 e. The molecule has 0 radical (unpaired) electrons. The van der Waals surface area contributed by atoms with E-state index in [0.717, 1.165) is 30.1 Å². The van der Waals surface area contributed by atoms with Crippen molar-refractivity contribution in [1.29, 1.82) is 0 Å². The molecule has 48 heavy (non-hydrogen) atoms. The normalized spacial score (nSPS) is 17.3. The van der Waals surface area contributed by atoms with E-state index in [-0.39, 0.29) is 12.0 Å². The molecule has 0 fully saturated rings. The number of hydrogen-bond acceptors (Lipinski definition) is 0. The van der Waals surface area contributed by atoms with Crippen LogP contribution in [0.15, 0.2) is 116 Å². The molecular formula is C44H50N4+2. The average Bonchev–Trinajstić information content (AvgIpc) is 3.72. The van der Waals surface area contributed by atoms with Gasteiger partial charge in [-0.2, -0.15) is 13.7 Å². The van der Waals surface area contributed by atoms with Gasteiger partial charge in [0.1, 0.15) is 41.9 Å². The number of aryl methyl sites for hydroxylation is 1. The second kappa shape index (κ2) is 12.4. The maximum Gasteiger partial charge on any atom is 0.299 e. The molecule has 0 aliphatic carbocycles. The molecule has 0 saturated heterocycles. The minimum atomic E-state index is 0.0262. The molecule has 2 aliphatic rings. The lowest BCUT2D eigenvalue weighted by atomic mass is 9.79. The average molecular weight is 635 g/mol. The third-order valence-electron chi connectivity index (χ3n) is 10.7. The largest absolute Gasteiger partial charge is 0.299 e. The van der Waals surface area contributed by atoms with Gasteiger partial charge in [0, 0.05) is 17.0 Å². The Hall–Kier alpha value is -4.70. The van der Waals surface area contributed by atoms with Crippen LogP contribution in [0.2, 0.25) is 0 Å². The van der Waals surface area contributed by atoms with Crippen molar-refractivity contribution in [3.8, 4) is 28.5 Å². The predicted molar refractivity (Wildman–Crippen MR) is 199 cm³/mol. The molecule has 2 aromatic heterocycles. The molecule has 0 saturated carbocycles. The van der Waals surface area contributed by atoms with Crippen LogP contribution in [-0.4, -0.2) is 9.13 Å². The molecule has 4 nitrogen and oxygen atoms in total. The molecule has 2 unspecified atom stereocenters. The van der Waals surface area contributed by atoms with Gasteiger partial charge in [0.25, 0.3) is 11.6 Å². The monoisotopic (exact) mass is 634 g/mol. The predicted octanol–water partition coefficient (Wildman–Crippen LogP) is 10.3. The van der Waals surface area contributed by atoms with Crippen LogP contribution >= 0.6 is 0 Å². The lowest BCUT2D eigenvalue weighted by Gasteiger charge is -2.31. The Balaban J connectivity index is 1.50. The van der Waals surface area contributed by atoms with Crippen LogP contribution in [0.1, 0.15) is 101 Å². The van der Waals surface area contributed by atoms with Gasteiger partial charge in [0.15, 0.2) is 6.04 Å². The van der Waals surface area contributed by atoms with Crippen LogP contribution in [0.3, 0.4) is 0 Å². The van der Waals surface area contributed by atoms with Crippen molar-refractivity contribution in [1.82, 2.24) is 9.13 Å². The first-order valence-electron chi connectivity index (χ1n) is 17.7. The maximum absolute atomic E-state index is 4.95. The number of benzene rings is 3. The van der Waals surface area contributed by atoms with E-state index < -0.39 is 0 Å². The molecule has 3 aromatic carbocycles. The lowest BCUT2D eigenvalue weighted by Crippen LogP contribution is -2.48. The van der Waals surface area contributed by atoms with E-state index >= 15 is 0 Å². The van der Waals surface area contributed by atoms with E-state index in [1.165, 1.54) is 50.5 Å². The molecule has 0 amide bonds. The number of hydrogen-bond donors (Lipinski definition) is 0. The van der Waals surface area contributed by atoms with Gasteiger partial charge >= 0.3 is 0 Å². The van der Waals surface area contributed by atoms with Crippen molar-refractivity contribution in [3.63, 3.8) is 0 Å². The highest BCUT2D eigenvalue weighted by Crippen LogP contribution is 2.47. The summed E-state index contributed by atoms with van der Waals surface area (Å²) in [6.07, 6.45) is 13.2. The van der Waals surface area contributed by atoms with Gasteiger partial charge in [-0.05, 0) is 66.4 Å². The summed E-state index contributed by atoms with van der Waals surface area (Å²) in [5.41, 5.74) is 12.7. The van der Waals surface area contributed by atoms with Crippen molar-refractivity contribution in [2.75, 3.05) is 0 Å². The molecule has 244 valence electrons. The number of imidazole rings is 2. The zero-order chi connectivity index (χ0) is 33.9. The molecule has 4 heteroatoms. The van der Waals surface area contributed by atoms with Crippen LogP contribution < -0.4 is 9.13 Å². The van der Waals surface area contributed by atoms with Crippen LogP contribution in [0.25, 0.3) is 39.9 Å². The van der Waals surface area contributed by atoms with E-state index in [9.17, 15) is 0 Å². The van der Waals surface area contributed by atoms with E-state index in [4.69, 9.17) is 6.58 Å². The topological polar surface area (TPSA) is 17.6 Å². The number of nitrogens with zero attached hydrogens (tertiary/aromatic N) is 4. The Labute approximate surface area is 287 Å². The Kier molecular flexibility index (Phi) is 8.23. The summed E-state index contributed by atoms with van der Waals surface area (Å²) in [6.45, 7) is 25.4. The first kappa shape index (κ1) is 31.9. The molecule has 7 rings (SSSR count). The summed E-state index contributed by atoms with van der Waals surface area (Å²) >= 11 is 0. The summed E-state index contributed by atoms with van der Waals surface area (Å²) in [7, 11) is 0. The third kappa shape index (κ3) is 4.96. The lowest BCUT2D eigenvalue weighted by molar-refractivity contribution is -0.703. The molecular weight excluding hydrogens is 585 g/mol. The number of aromatic nitrogens is 4. The zero-order valence-corrected chi connectivity index (χ0v) is 29.7. The maximum atomic E-state index is 4.95. The number of para-hydroxylation sites is 1. The fraction of sp³-hybridized carbons (Fsp3) is 0.318. The van der Waals surface area contributed by atoms with Gasteiger partial charge in [-0.1, -0.05) is 115 Å². The van der Waals surface area contributed by atoms with Crippen molar-refractivity contribution < 1.29 is 9.13 Å². The summed E-state index contributed by atoms with van der Waals surface area (Å²) < 4.78 is 9.65. The minimum absolute atomic E-state index is 0.0262. The Morgan fingerprint density at radius 3 is 2.10 bits per heavy atom. The van der Waals surface area contributed by atoms with E-state index in [1.807, 2.05) is 0 Å². The quantitative estimate of drug-likeness (QED) is 0.131. The number of rotatable bonds is 6. The van der Waals surface area contributed by atoms with Crippen LogP contribution in [0, 0.1) is 5.92 Å². The van der Waals surface area contributed by atoms with Crippen molar-refractivity contribution in [3.05, 3.63) is 139 Å². The van der Waals surface area contributed by atoms with Crippen molar-refractivity contribution in [2.24, 2.45) is 5.92 Å². The van der Waals surface area contributed by atoms with Crippen molar-refractivity contribution >= 4 is 11.4 Å². The highest BCUT2D eigenvalue weighted by atomic mass is 15.2. The molecule has 0 bridgehead atoms. The van der Waals surface area contributed by atoms with Gasteiger partial charge in [-0.3, -0.25) is 0 Å². The second-order valence-corrected chi connectivity index (χ2v) is 14.5. The highest BCUT2D eigenvalue weighted by Gasteiger charge is 2.46. The smallest absolute Gasteiger partial charge is 0.218 e. The van der Waals surface area contributed by atoms with Crippen LogP contribution in [0.4, 0.5) is 0 Å². The van der Waals surface area contributed by atoms with E-state index in [0.29, 0.717) is 17.8 Å².